The fourth-order valence-corrected chi connectivity index (χ4v) is 1.14. The van der Waals surface area contributed by atoms with E-state index in [0.717, 1.165) is 12.8 Å². The van der Waals surface area contributed by atoms with E-state index in [1.165, 1.54) is 0 Å². The van der Waals surface area contributed by atoms with Gasteiger partial charge < -0.3 is 16.2 Å². The van der Waals surface area contributed by atoms with Gasteiger partial charge in [0.2, 0.25) is 5.91 Å². The molecule has 1 amide bonds. The summed E-state index contributed by atoms with van der Waals surface area (Å²) in [5.74, 6) is -1.64. The molecule has 2 atom stereocenters. The normalized spacial score (nSPS) is 14.3. The van der Waals surface area contributed by atoms with E-state index in [4.69, 9.17) is 10.8 Å². The molecule has 2 unspecified atom stereocenters. The van der Waals surface area contributed by atoms with Crippen LogP contribution in [0.3, 0.4) is 0 Å². The molecule has 0 saturated heterocycles. The summed E-state index contributed by atoms with van der Waals surface area (Å²) in [4.78, 5) is 21.7. The molecule has 15 heavy (non-hydrogen) atoms. The molecule has 0 aliphatic rings. The molecule has 4 N–H and O–H groups in total. The summed E-state index contributed by atoms with van der Waals surface area (Å²) >= 11 is 0. The summed E-state index contributed by atoms with van der Waals surface area (Å²) in [7, 11) is 0. The van der Waals surface area contributed by atoms with E-state index in [0.29, 0.717) is 0 Å². The minimum atomic E-state index is -0.909. The lowest BCUT2D eigenvalue weighted by molar-refractivity contribution is -0.141. The Balaban J connectivity index is 3.70. The van der Waals surface area contributed by atoms with Gasteiger partial charge in [-0.2, -0.15) is 0 Å². The maximum atomic E-state index is 11.3. The van der Waals surface area contributed by atoms with Gasteiger partial charge in [-0.15, -0.1) is 0 Å². The van der Waals surface area contributed by atoms with Gasteiger partial charge in [-0.05, 0) is 6.42 Å². The standard InChI is InChI=1S/C10H20N2O3/c1-3-4-8(11)5-9(13)12-6-7(2)10(14)15/h7-8H,3-6,11H2,1-2H3,(H,12,13)(H,14,15). The number of carboxylic acid groups (broad SMARTS) is 1. The van der Waals surface area contributed by atoms with Gasteiger partial charge in [0, 0.05) is 19.0 Å². The van der Waals surface area contributed by atoms with E-state index in [-0.39, 0.29) is 24.9 Å². The van der Waals surface area contributed by atoms with E-state index >= 15 is 0 Å². The average molecular weight is 216 g/mol. The first-order chi connectivity index (χ1) is 6.97. The maximum Gasteiger partial charge on any atom is 0.308 e. The highest BCUT2D eigenvalue weighted by molar-refractivity contribution is 5.77. The Hall–Kier alpha value is -1.10. The molecule has 0 fully saturated rings. The number of carbonyl (C=O) groups is 2. The van der Waals surface area contributed by atoms with Crippen LogP contribution in [0, 0.1) is 5.92 Å². The van der Waals surface area contributed by atoms with E-state index in [2.05, 4.69) is 5.32 Å². The Morgan fingerprint density at radius 1 is 1.47 bits per heavy atom. The molecule has 5 heteroatoms. The van der Waals surface area contributed by atoms with Crippen molar-refractivity contribution in [3.05, 3.63) is 0 Å². The van der Waals surface area contributed by atoms with Crippen LogP contribution in [0.2, 0.25) is 0 Å². The van der Waals surface area contributed by atoms with Crippen LogP contribution >= 0.6 is 0 Å². The zero-order valence-electron chi connectivity index (χ0n) is 9.32. The Morgan fingerprint density at radius 3 is 2.53 bits per heavy atom. The second-order valence-electron chi connectivity index (χ2n) is 3.80. The minimum absolute atomic E-state index is 0.130. The number of nitrogens with one attached hydrogen (secondary N) is 1. The third kappa shape index (κ3) is 6.90. The predicted molar refractivity (Wildman–Crippen MR) is 57.3 cm³/mol. The van der Waals surface area contributed by atoms with Gasteiger partial charge in [-0.25, -0.2) is 0 Å². The van der Waals surface area contributed by atoms with Crippen molar-refractivity contribution in [3.63, 3.8) is 0 Å². The number of hydrogen-bond acceptors (Lipinski definition) is 3. The monoisotopic (exact) mass is 216 g/mol. The molecule has 0 aromatic rings. The van der Waals surface area contributed by atoms with Gasteiger partial charge in [0.1, 0.15) is 0 Å². The summed E-state index contributed by atoms with van der Waals surface area (Å²) in [6.07, 6.45) is 2.02. The molecule has 0 rings (SSSR count). The summed E-state index contributed by atoms with van der Waals surface area (Å²) in [6, 6.07) is -0.130. The summed E-state index contributed by atoms with van der Waals surface area (Å²) in [6.45, 7) is 3.71. The first-order valence-corrected chi connectivity index (χ1v) is 5.22. The SMILES string of the molecule is CCCC(N)CC(=O)NCC(C)C(=O)O. The van der Waals surface area contributed by atoms with Crippen molar-refractivity contribution in [1.29, 1.82) is 0 Å². The van der Waals surface area contributed by atoms with Crippen LogP contribution in [0.15, 0.2) is 0 Å². The molecule has 0 radical (unpaired) electrons. The first kappa shape index (κ1) is 13.9. The van der Waals surface area contributed by atoms with Crippen molar-refractivity contribution in [2.75, 3.05) is 6.54 Å². The summed E-state index contributed by atoms with van der Waals surface area (Å²) in [5, 5.41) is 11.1. The van der Waals surface area contributed by atoms with Gasteiger partial charge in [-0.3, -0.25) is 9.59 Å². The van der Waals surface area contributed by atoms with Gasteiger partial charge in [-0.1, -0.05) is 20.3 Å². The molecule has 0 aliphatic heterocycles. The van der Waals surface area contributed by atoms with Gasteiger partial charge in [0.05, 0.1) is 5.92 Å². The van der Waals surface area contributed by atoms with Gasteiger partial charge in [0.25, 0.3) is 0 Å². The lowest BCUT2D eigenvalue weighted by atomic mass is 10.1. The third-order valence-corrected chi connectivity index (χ3v) is 2.13. The third-order valence-electron chi connectivity index (χ3n) is 2.13. The van der Waals surface area contributed by atoms with Crippen molar-refractivity contribution in [2.45, 2.75) is 39.2 Å². The van der Waals surface area contributed by atoms with Gasteiger partial charge in [0.15, 0.2) is 0 Å². The van der Waals surface area contributed by atoms with E-state index in [1.54, 1.807) is 6.92 Å². The van der Waals surface area contributed by atoms with Crippen LogP contribution in [-0.4, -0.2) is 29.6 Å². The predicted octanol–water partition coefficient (Wildman–Crippen LogP) is 0.341. The van der Waals surface area contributed by atoms with Crippen LogP contribution in [0.25, 0.3) is 0 Å². The number of amides is 1. The quantitative estimate of drug-likeness (QED) is 0.572. The highest BCUT2D eigenvalue weighted by Crippen LogP contribution is 1.98. The average Bonchev–Trinajstić information content (AvgIpc) is 2.14. The molecule has 88 valence electrons. The van der Waals surface area contributed by atoms with E-state index in [1.807, 2.05) is 6.92 Å². The Kier molecular flexibility index (Phi) is 6.70. The summed E-state index contributed by atoms with van der Waals surface area (Å²) in [5.41, 5.74) is 5.67. The second-order valence-corrected chi connectivity index (χ2v) is 3.80. The zero-order valence-corrected chi connectivity index (χ0v) is 9.32. The van der Waals surface area contributed by atoms with Crippen molar-refractivity contribution in [1.82, 2.24) is 5.32 Å². The number of hydrogen-bond donors (Lipinski definition) is 3. The van der Waals surface area contributed by atoms with Crippen LogP contribution in [0.1, 0.15) is 33.1 Å². The molecule has 5 nitrogen and oxygen atoms in total. The Bertz CT molecular complexity index is 219. The molecule has 0 aromatic heterocycles. The number of nitrogens with two attached hydrogens (primary N) is 1. The van der Waals surface area contributed by atoms with Crippen molar-refractivity contribution >= 4 is 11.9 Å². The topological polar surface area (TPSA) is 92.4 Å². The second kappa shape index (κ2) is 7.23. The smallest absolute Gasteiger partial charge is 0.308 e. The lowest BCUT2D eigenvalue weighted by Crippen LogP contribution is -2.35. The number of aliphatic carboxylic acids is 1. The molecule has 0 aromatic carbocycles. The zero-order chi connectivity index (χ0) is 11.8. The summed E-state index contributed by atoms with van der Waals surface area (Å²) < 4.78 is 0. The Labute approximate surface area is 90.0 Å². The fourth-order valence-electron chi connectivity index (χ4n) is 1.14. The van der Waals surface area contributed by atoms with Crippen LogP contribution in [-0.2, 0) is 9.59 Å². The molecule has 0 saturated carbocycles. The largest absolute Gasteiger partial charge is 0.481 e. The van der Waals surface area contributed by atoms with Crippen molar-refractivity contribution in [2.24, 2.45) is 11.7 Å². The minimum Gasteiger partial charge on any atom is -0.481 e. The highest BCUT2D eigenvalue weighted by atomic mass is 16.4. The molecule has 0 bridgehead atoms. The molecule has 0 aliphatic carbocycles. The van der Waals surface area contributed by atoms with Crippen molar-refractivity contribution in [3.8, 4) is 0 Å². The van der Waals surface area contributed by atoms with E-state index in [9.17, 15) is 9.59 Å². The van der Waals surface area contributed by atoms with Crippen LogP contribution < -0.4 is 11.1 Å². The Morgan fingerprint density at radius 2 is 2.07 bits per heavy atom. The van der Waals surface area contributed by atoms with Crippen LogP contribution in [0.5, 0.6) is 0 Å². The highest BCUT2D eigenvalue weighted by Gasteiger charge is 2.13. The molecular weight excluding hydrogens is 196 g/mol. The number of carbonyl (C=O) groups excluding carboxylic acids is 1. The van der Waals surface area contributed by atoms with Crippen LogP contribution in [0.4, 0.5) is 0 Å². The first-order valence-electron chi connectivity index (χ1n) is 5.22. The van der Waals surface area contributed by atoms with Gasteiger partial charge >= 0.3 is 5.97 Å². The maximum absolute atomic E-state index is 11.3. The lowest BCUT2D eigenvalue weighted by Gasteiger charge is -2.11. The molecule has 0 spiro atoms. The molecular formula is C10H20N2O3. The fraction of sp³-hybridized carbons (Fsp3) is 0.800. The number of carboxylic acids is 1. The van der Waals surface area contributed by atoms with Crippen molar-refractivity contribution < 1.29 is 14.7 Å². The number of rotatable bonds is 7. The molecule has 0 heterocycles. The van der Waals surface area contributed by atoms with E-state index < -0.39 is 11.9 Å².